The van der Waals surface area contributed by atoms with Gasteiger partial charge in [-0.1, -0.05) is 20.8 Å². The van der Waals surface area contributed by atoms with E-state index < -0.39 is 16.8 Å². The van der Waals surface area contributed by atoms with Crippen LogP contribution in [-0.2, 0) is 4.79 Å². The third kappa shape index (κ3) is 4.22. The van der Waals surface area contributed by atoms with E-state index in [1.807, 2.05) is 20.8 Å². The minimum atomic E-state index is -1.01. The van der Waals surface area contributed by atoms with Gasteiger partial charge < -0.3 is 10.8 Å². The van der Waals surface area contributed by atoms with Gasteiger partial charge in [-0.25, -0.2) is 0 Å². The number of aliphatic carboxylic acids is 1. The maximum Gasteiger partial charge on any atom is 0.311 e. The second-order valence-electron chi connectivity index (χ2n) is 6.06. The lowest BCUT2D eigenvalue weighted by Crippen LogP contribution is -2.17. The minimum Gasteiger partial charge on any atom is -0.481 e. The predicted molar refractivity (Wildman–Crippen MR) is 76.6 cm³/mol. The number of carbonyl (C=O) groups is 1. The molecule has 1 unspecified atom stereocenters. The summed E-state index contributed by atoms with van der Waals surface area (Å²) >= 11 is 0. The van der Waals surface area contributed by atoms with Crippen molar-refractivity contribution >= 4 is 17.3 Å². The molecule has 0 fully saturated rings. The van der Waals surface area contributed by atoms with Crippen LogP contribution in [0.5, 0.6) is 0 Å². The molecule has 3 N–H and O–H groups in total. The molecule has 0 radical (unpaired) electrons. The first-order chi connectivity index (χ1) is 9.11. The van der Waals surface area contributed by atoms with Crippen LogP contribution in [0.1, 0.15) is 45.1 Å². The van der Waals surface area contributed by atoms with E-state index in [1.54, 1.807) is 0 Å². The van der Waals surface area contributed by atoms with E-state index in [2.05, 4.69) is 0 Å². The molecule has 0 heterocycles. The van der Waals surface area contributed by atoms with E-state index in [0.717, 1.165) is 0 Å². The zero-order chi connectivity index (χ0) is 15.5. The number of nitrogens with two attached hydrogens (primary N) is 1. The fourth-order valence-corrected chi connectivity index (χ4v) is 1.97. The Bertz CT molecular complexity index is 520. The van der Waals surface area contributed by atoms with Crippen LogP contribution in [0.15, 0.2) is 18.2 Å². The summed E-state index contributed by atoms with van der Waals surface area (Å²) in [5, 5.41) is 20.1. The maximum atomic E-state index is 11.4. The summed E-state index contributed by atoms with van der Waals surface area (Å²) in [5.74, 6) is -1.84. The number of nitro benzene ring substituents is 1. The van der Waals surface area contributed by atoms with Gasteiger partial charge in [-0.3, -0.25) is 14.9 Å². The molecule has 110 valence electrons. The van der Waals surface area contributed by atoms with Crippen molar-refractivity contribution in [1.82, 2.24) is 0 Å². The monoisotopic (exact) mass is 280 g/mol. The van der Waals surface area contributed by atoms with Crippen LogP contribution in [0.3, 0.4) is 0 Å². The summed E-state index contributed by atoms with van der Waals surface area (Å²) in [6.45, 7) is 6.05. The number of nitrogen functional groups attached to an aromatic ring is 1. The van der Waals surface area contributed by atoms with Gasteiger partial charge in [0.1, 0.15) is 0 Å². The van der Waals surface area contributed by atoms with Crippen molar-refractivity contribution in [3.8, 4) is 0 Å². The second-order valence-corrected chi connectivity index (χ2v) is 6.06. The lowest BCUT2D eigenvalue weighted by Gasteiger charge is -2.21. The van der Waals surface area contributed by atoms with Gasteiger partial charge in [-0.2, -0.15) is 0 Å². The molecule has 1 aromatic rings. The number of nitrogens with zero attached hydrogens (tertiary/aromatic N) is 1. The number of rotatable bonds is 5. The first kappa shape index (κ1) is 15.9. The summed E-state index contributed by atoms with van der Waals surface area (Å²) in [5.41, 5.74) is 6.22. The molecule has 0 aliphatic carbocycles. The summed E-state index contributed by atoms with van der Waals surface area (Å²) in [7, 11) is 0. The molecule has 0 aliphatic rings. The fraction of sp³-hybridized carbons (Fsp3) is 0.500. The number of hydrogen-bond acceptors (Lipinski definition) is 4. The highest BCUT2D eigenvalue weighted by Gasteiger charge is 2.26. The molecule has 1 rings (SSSR count). The number of non-ortho nitro benzene ring substituents is 1. The average molecular weight is 280 g/mol. The second kappa shape index (κ2) is 5.90. The molecule has 0 aromatic heterocycles. The van der Waals surface area contributed by atoms with Crippen LogP contribution < -0.4 is 5.73 Å². The first-order valence-electron chi connectivity index (χ1n) is 6.38. The Labute approximate surface area is 117 Å². The Morgan fingerprint density at radius 1 is 1.45 bits per heavy atom. The van der Waals surface area contributed by atoms with E-state index in [0.29, 0.717) is 18.4 Å². The minimum absolute atomic E-state index is 0.0107. The quantitative estimate of drug-likeness (QED) is 0.489. The molecule has 1 atom stereocenters. The van der Waals surface area contributed by atoms with Crippen molar-refractivity contribution in [1.29, 1.82) is 0 Å². The van der Waals surface area contributed by atoms with Crippen molar-refractivity contribution in [3.05, 3.63) is 33.9 Å². The lowest BCUT2D eigenvalue weighted by molar-refractivity contribution is -0.384. The topological polar surface area (TPSA) is 106 Å². The van der Waals surface area contributed by atoms with Crippen molar-refractivity contribution in [2.45, 2.75) is 39.5 Å². The molecule has 0 bridgehead atoms. The number of carboxylic acids is 1. The highest BCUT2D eigenvalue weighted by molar-refractivity contribution is 5.79. The molecule has 6 heteroatoms. The van der Waals surface area contributed by atoms with Crippen molar-refractivity contribution in [3.63, 3.8) is 0 Å². The summed E-state index contributed by atoms with van der Waals surface area (Å²) in [6, 6.07) is 3.93. The van der Waals surface area contributed by atoms with Gasteiger partial charge in [0, 0.05) is 17.8 Å². The van der Waals surface area contributed by atoms with Crippen LogP contribution >= 0.6 is 0 Å². The largest absolute Gasteiger partial charge is 0.481 e. The normalized spacial score (nSPS) is 12.9. The molecule has 20 heavy (non-hydrogen) atoms. The first-order valence-corrected chi connectivity index (χ1v) is 6.38. The summed E-state index contributed by atoms with van der Waals surface area (Å²) in [6.07, 6.45) is 1.08. The highest BCUT2D eigenvalue weighted by Crippen LogP contribution is 2.33. The van der Waals surface area contributed by atoms with Gasteiger partial charge in [0.2, 0.25) is 0 Å². The number of carboxylic acid groups (broad SMARTS) is 1. The Morgan fingerprint density at radius 3 is 2.50 bits per heavy atom. The fourth-order valence-electron chi connectivity index (χ4n) is 1.97. The van der Waals surface area contributed by atoms with E-state index in [1.165, 1.54) is 18.2 Å². The molecule has 0 saturated carbocycles. The van der Waals surface area contributed by atoms with E-state index in [-0.39, 0.29) is 16.8 Å². The molecule has 0 aliphatic heterocycles. The third-order valence-electron chi connectivity index (χ3n) is 3.14. The average Bonchev–Trinajstić information content (AvgIpc) is 2.29. The Hall–Kier alpha value is -2.11. The van der Waals surface area contributed by atoms with Gasteiger partial charge in [0.05, 0.1) is 10.8 Å². The molecule has 0 amide bonds. The van der Waals surface area contributed by atoms with E-state index in [9.17, 15) is 20.0 Å². The Kier molecular flexibility index (Phi) is 4.70. The van der Waals surface area contributed by atoms with Crippen LogP contribution in [0.4, 0.5) is 11.4 Å². The Balaban J connectivity index is 3.11. The highest BCUT2D eigenvalue weighted by atomic mass is 16.6. The summed E-state index contributed by atoms with van der Waals surface area (Å²) < 4.78 is 0. The molecular weight excluding hydrogens is 260 g/mol. The zero-order valence-electron chi connectivity index (χ0n) is 11.9. The summed E-state index contributed by atoms with van der Waals surface area (Å²) in [4.78, 5) is 21.7. The Morgan fingerprint density at radius 2 is 2.05 bits per heavy atom. The van der Waals surface area contributed by atoms with Gasteiger partial charge in [0.15, 0.2) is 0 Å². The van der Waals surface area contributed by atoms with E-state index in [4.69, 9.17) is 5.73 Å². The third-order valence-corrected chi connectivity index (χ3v) is 3.14. The molecular formula is C14H20N2O4. The van der Waals surface area contributed by atoms with Gasteiger partial charge >= 0.3 is 5.97 Å². The van der Waals surface area contributed by atoms with E-state index >= 15 is 0 Å². The van der Waals surface area contributed by atoms with Crippen molar-refractivity contribution in [2.24, 2.45) is 5.41 Å². The number of benzene rings is 1. The molecule has 0 spiro atoms. The van der Waals surface area contributed by atoms with Crippen LogP contribution in [0, 0.1) is 15.5 Å². The van der Waals surface area contributed by atoms with Crippen molar-refractivity contribution < 1.29 is 14.8 Å². The molecule has 0 saturated heterocycles. The smallest absolute Gasteiger partial charge is 0.311 e. The SMILES string of the molecule is CC(C)(C)CCC(C(=O)O)c1cc([N+](=O)[O-])ccc1N. The standard InChI is InChI=1S/C14H20N2O4/c1-14(2,3)7-6-10(13(17)18)11-8-9(16(19)20)4-5-12(11)15/h4-5,8,10H,6-7,15H2,1-3H3,(H,17,18). The van der Waals surface area contributed by atoms with Gasteiger partial charge in [-0.05, 0) is 29.9 Å². The lowest BCUT2D eigenvalue weighted by atomic mass is 9.84. The predicted octanol–water partition coefficient (Wildman–Crippen LogP) is 3.17. The van der Waals surface area contributed by atoms with Crippen LogP contribution in [0.2, 0.25) is 0 Å². The number of anilines is 1. The van der Waals surface area contributed by atoms with Crippen LogP contribution in [-0.4, -0.2) is 16.0 Å². The van der Waals surface area contributed by atoms with Crippen molar-refractivity contribution in [2.75, 3.05) is 5.73 Å². The van der Waals surface area contributed by atoms with Crippen LogP contribution in [0.25, 0.3) is 0 Å². The molecule has 1 aromatic carbocycles. The number of nitro groups is 1. The van der Waals surface area contributed by atoms with Gasteiger partial charge in [0.25, 0.3) is 5.69 Å². The molecule has 6 nitrogen and oxygen atoms in total. The zero-order valence-corrected chi connectivity index (χ0v) is 11.9. The maximum absolute atomic E-state index is 11.4. The number of hydrogen-bond donors (Lipinski definition) is 2. The van der Waals surface area contributed by atoms with Gasteiger partial charge in [-0.15, -0.1) is 0 Å².